The molecule has 1 aliphatic rings. The molecule has 3 aromatic rings. The van der Waals surface area contributed by atoms with Crippen LogP contribution in [0.2, 0.25) is 5.02 Å². The van der Waals surface area contributed by atoms with Gasteiger partial charge in [-0.15, -0.1) is 0 Å². The molecule has 180 valence electrons. The zero-order valence-corrected chi connectivity index (χ0v) is 20.5. The standard InChI is InChI=1S/C28H28ClN3O3/c1-3-23(18-32(2)17-20-7-5-4-6-8-20)30-27(33)21-11-14-25-24(16-21)31-28(34)26(35-25)15-19-9-12-22(29)13-10-19/h4-16,23H,3,17-18H2,1-2H3,(H,30,33)(H,31,34)/b26-15+/t23-/m0/s1. The Hall–Kier alpha value is -3.61. The third kappa shape index (κ3) is 6.50. The molecule has 0 saturated carbocycles. The monoisotopic (exact) mass is 489 g/mol. The van der Waals surface area contributed by atoms with Gasteiger partial charge in [-0.25, -0.2) is 0 Å². The Morgan fingerprint density at radius 2 is 1.86 bits per heavy atom. The van der Waals surface area contributed by atoms with Crippen LogP contribution < -0.4 is 15.4 Å². The van der Waals surface area contributed by atoms with Crippen LogP contribution in [-0.2, 0) is 11.3 Å². The van der Waals surface area contributed by atoms with E-state index in [4.69, 9.17) is 16.3 Å². The Bertz CT molecular complexity index is 1230. The number of carbonyl (C=O) groups is 2. The summed E-state index contributed by atoms with van der Waals surface area (Å²) in [7, 11) is 2.04. The van der Waals surface area contributed by atoms with Crippen LogP contribution in [0.25, 0.3) is 6.08 Å². The lowest BCUT2D eigenvalue weighted by molar-refractivity contribution is -0.115. The molecular formula is C28H28ClN3O3. The van der Waals surface area contributed by atoms with Gasteiger partial charge in [0.1, 0.15) is 0 Å². The second-order valence-electron chi connectivity index (χ2n) is 8.59. The fraction of sp³-hybridized carbons (Fsp3) is 0.214. The quantitative estimate of drug-likeness (QED) is 0.418. The van der Waals surface area contributed by atoms with E-state index >= 15 is 0 Å². The second kappa shape index (κ2) is 11.2. The van der Waals surface area contributed by atoms with Gasteiger partial charge in [-0.3, -0.25) is 9.59 Å². The van der Waals surface area contributed by atoms with Crippen molar-refractivity contribution in [2.24, 2.45) is 0 Å². The Morgan fingerprint density at radius 1 is 1.11 bits per heavy atom. The summed E-state index contributed by atoms with van der Waals surface area (Å²) in [6.07, 6.45) is 2.45. The third-order valence-corrected chi connectivity index (χ3v) is 6.01. The lowest BCUT2D eigenvalue weighted by Gasteiger charge is -2.25. The smallest absolute Gasteiger partial charge is 0.291 e. The van der Waals surface area contributed by atoms with Crippen molar-refractivity contribution in [1.82, 2.24) is 10.2 Å². The van der Waals surface area contributed by atoms with E-state index in [9.17, 15) is 9.59 Å². The van der Waals surface area contributed by atoms with E-state index in [0.717, 1.165) is 25.1 Å². The van der Waals surface area contributed by atoms with E-state index in [1.807, 2.05) is 25.2 Å². The van der Waals surface area contributed by atoms with Crippen molar-refractivity contribution in [2.45, 2.75) is 25.9 Å². The van der Waals surface area contributed by atoms with Crippen molar-refractivity contribution in [1.29, 1.82) is 0 Å². The summed E-state index contributed by atoms with van der Waals surface area (Å²) in [6.45, 7) is 3.58. The van der Waals surface area contributed by atoms with Crippen molar-refractivity contribution < 1.29 is 14.3 Å². The minimum atomic E-state index is -0.376. The molecule has 3 aromatic carbocycles. The molecule has 0 spiro atoms. The number of ether oxygens (including phenoxy) is 1. The van der Waals surface area contributed by atoms with E-state index in [1.54, 1.807) is 48.5 Å². The van der Waals surface area contributed by atoms with Gasteiger partial charge < -0.3 is 20.3 Å². The maximum atomic E-state index is 12.9. The molecule has 0 aromatic heterocycles. The first-order valence-electron chi connectivity index (χ1n) is 11.5. The lowest BCUT2D eigenvalue weighted by Crippen LogP contribution is -2.42. The predicted molar refractivity (Wildman–Crippen MR) is 139 cm³/mol. The third-order valence-electron chi connectivity index (χ3n) is 5.76. The van der Waals surface area contributed by atoms with Gasteiger partial charge in [0.25, 0.3) is 11.8 Å². The number of rotatable bonds is 8. The Labute approximate surface area is 210 Å². The Morgan fingerprint density at radius 3 is 2.57 bits per heavy atom. The van der Waals surface area contributed by atoms with E-state index in [2.05, 4.69) is 34.6 Å². The molecule has 0 unspecified atom stereocenters. The maximum Gasteiger partial charge on any atom is 0.291 e. The molecule has 0 aliphatic carbocycles. The van der Waals surface area contributed by atoms with Gasteiger partial charge in [-0.2, -0.15) is 0 Å². The Kier molecular flexibility index (Phi) is 7.85. The average Bonchev–Trinajstić information content (AvgIpc) is 2.85. The van der Waals surface area contributed by atoms with Gasteiger partial charge in [0.2, 0.25) is 0 Å². The van der Waals surface area contributed by atoms with Gasteiger partial charge >= 0.3 is 0 Å². The molecule has 1 aliphatic heterocycles. The number of nitrogens with one attached hydrogen (secondary N) is 2. The lowest BCUT2D eigenvalue weighted by atomic mass is 10.1. The molecule has 6 nitrogen and oxygen atoms in total. The highest BCUT2D eigenvalue weighted by atomic mass is 35.5. The number of carbonyl (C=O) groups excluding carboxylic acids is 2. The maximum absolute atomic E-state index is 12.9. The predicted octanol–water partition coefficient (Wildman–Crippen LogP) is 5.35. The largest absolute Gasteiger partial charge is 0.449 e. The van der Waals surface area contributed by atoms with Crippen LogP contribution in [0.15, 0.2) is 78.6 Å². The average molecular weight is 490 g/mol. The molecular weight excluding hydrogens is 462 g/mol. The van der Waals surface area contributed by atoms with Crippen LogP contribution in [0.4, 0.5) is 5.69 Å². The molecule has 2 amide bonds. The van der Waals surface area contributed by atoms with E-state index in [0.29, 0.717) is 22.0 Å². The number of hydrogen-bond donors (Lipinski definition) is 2. The van der Waals surface area contributed by atoms with Crippen LogP contribution in [0.3, 0.4) is 0 Å². The summed E-state index contributed by atoms with van der Waals surface area (Å²) >= 11 is 5.92. The van der Waals surface area contributed by atoms with Crippen LogP contribution in [-0.4, -0.2) is 36.3 Å². The summed E-state index contributed by atoms with van der Waals surface area (Å²) in [5.41, 5.74) is 2.94. The zero-order chi connectivity index (χ0) is 24.8. The zero-order valence-electron chi connectivity index (χ0n) is 19.8. The molecule has 7 heteroatoms. The first-order valence-corrected chi connectivity index (χ1v) is 11.9. The molecule has 0 saturated heterocycles. The van der Waals surface area contributed by atoms with E-state index in [-0.39, 0.29) is 23.6 Å². The molecule has 2 N–H and O–H groups in total. The minimum Gasteiger partial charge on any atom is -0.449 e. The minimum absolute atomic E-state index is 0.00741. The van der Waals surface area contributed by atoms with Crippen LogP contribution in [0.5, 0.6) is 5.75 Å². The van der Waals surface area contributed by atoms with Crippen molar-refractivity contribution >= 4 is 35.2 Å². The van der Waals surface area contributed by atoms with E-state index in [1.165, 1.54) is 5.56 Å². The number of fused-ring (bicyclic) bond motifs is 1. The Balaban J connectivity index is 1.40. The number of amides is 2. The first kappa shape index (κ1) is 24.5. The second-order valence-corrected chi connectivity index (χ2v) is 9.02. The summed E-state index contributed by atoms with van der Waals surface area (Å²) in [4.78, 5) is 27.7. The highest BCUT2D eigenvalue weighted by molar-refractivity contribution is 6.30. The highest BCUT2D eigenvalue weighted by Gasteiger charge is 2.24. The molecule has 1 atom stereocenters. The van der Waals surface area contributed by atoms with Crippen LogP contribution in [0.1, 0.15) is 34.8 Å². The number of benzene rings is 3. The molecule has 4 rings (SSSR count). The SMILES string of the molecule is CC[C@@H](CN(C)Cc1ccccc1)NC(=O)c1ccc2c(c1)NC(=O)/C(=C\c1ccc(Cl)cc1)O2. The van der Waals surface area contributed by atoms with Gasteiger partial charge in [0, 0.05) is 29.7 Å². The van der Waals surface area contributed by atoms with Gasteiger partial charge in [0.05, 0.1) is 5.69 Å². The summed E-state index contributed by atoms with van der Waals surface area (Å²) in [5.74, 6) is 0.0871. The number of hydrogen-bond acceptors (Lipinski definition) is 4. The number of anilines is 1. The summed E-state index contributed by atoms with van der Waals surface area (Å²) in [6, 6.07) is 22.4. The number of likely N-dealkylation sites (N-methyl/N-ethyl adjacent to an activating group) is 1. The van der Waals surface area contributed by atoms with Gasteiger partial charge in [-0.1, -0.05) is 61.0 Å². The van der Waals surface area contributed by atoms with Gasteiger partial charge in [-0.05, 0) is 61.0 Å². The van der Waals surface area contributed by atoms with Crippen molar-refractivity contribution in [3.8, 4) is 5.75 Å². The van der Waals surface area contributed by atoms with Gasteiger partial charge in [0.15, 0.2) is 11.5 Å². The molecule has 0 bridgehead atoms. The summed E-state index contributed by atoms with van der Waals surface area (Å²) < 4.78 is 5.80. The topological polar surface area (TPSA) is 70.7 Å². The molecule has 35 heavy (non-hydrogen) atoms. The summed E-state index contributed by atoms with van der Waals surface area (Å²) in [5, 5.41) is 6.54. The molecule has 0 radical (unpaired) electrons. The highest BCUT2D eigenvalue weighted by Crippen LogP contribution is 2.32. The van der Waals surface area contributed by atoms with Crippen molar-refractivity contribution in [3.63, 3.8) is 0 Å². The fourth-order valence-corrected chi connectivity index (χ4v) is 4.02. The first-order chi connectivity index (χ1) is 16.9. The van der Waals surface area contributed by atoms with Crippen molar-refractivity contribution in [2.75, 3.05) is 18.9 Å². The molecule has 1 heterocycles. The van der Waals surface area contributed by atoms with E-state index < -0.39 is 0 Å². The fourth-order valence-electron chi connectivity index (χ4n) is 3.89. The van der Waals surface area contributed by atoms with Crippen LogP contribution >= 0.6 is 11.6 Å². The number of halogens is 1. The molecule has 0 fully saturated rings. The van der Waals surface area contributed by atoms with Crippen molar-refractivity contribution in [3.05, 3.63) is 100 Å². The van der Waals surface area contributed by atoms with Crippen LogP contribution in [0, 0.1) is 0 Å². The normalized spacial score (nSPS) is 14.7. The number of nitrogens with zero attached hydrogens (tertiary/aromatic N) is 1.